The predicted molar refractivity (Wildman–Crippen MR) is 45.3 cm³/mol. The summed E-state index contributed by atoms with van der Waals surface area (Å²) in [4.78, 5) is 0. The van der Waals surface area contributed by atoms with E-state index < -0.39 is 0 Å². The quantitative estimate of drug-likeness (QED) is 0.567. The van der Waals surface area contributed by atoms with Crippen molar-refractivity contribution in [3.05, 3.63) is 0 Å². The van der Waals surface area contributed by atoms with Crippen molar-refractivity contribution in [1.29, 1.82) is 0 Å². The van der Waals surface area contributed by atoms with Gasteiger partial charge in [0.2, 0.25) is 0 Å². The standard InChI is InChI=1S/C8H16BO2/c1-5-7(3)8(4,6-2)11-9-10-7/h5-6H2,1-4H3. The van der Waals surface area contributed by atoms with Crippen molar-refractivity contribution in [2.24, 2.45) is 0 Å². The molecule has 2 unspecified atom stereocenters. The van der Waals surface area contributed by atoms with Crippen molar-refractivity contribution in [2.75, 3.05) is 0 Å². The van der Waals surface area contributed by atoms with Crippen LogP contribution in [0.25, 0.3) is 0 Å². The predicted octanol–water partition coefficient (Wildman–Crippen LogP) is 1.90. The van der Waals surface area contributed by atoms with Crippen molar-refractivity contribution >= 4 is 7.69 Å². The summed E-state index contributed by atoms with van der Waals surface area (Å²) in [6.45, 7) is 8.44. The number of hydrogen-bond donors (Lipinski definition) is 0. The highest BCUT2D eigenvalue weighted by molar-refractivity contribution is 6.19. The van der Waals surface area contributed by atoms with Gasteiger partial charge in [0.15, 0.2) is 0 Å². The van der Waals surface area contributed by atoms with Crippen LogP contribution in [-0.2, 0) is 9.31 Å². The van der Waals surface area contributed by atoms with Crippen LogP contribution in [0.3, 0.4) is 0 Å². The molecule has 0 amide bonds. The number of rotatable bonds is 2. The maximum absolute atomic E-state index is 5.45. The van der Waals surface area contributed by atoms with Crippen LogP contribution >= 0.6 is 0 Å². The Bertz CT molecular complexity index is 135. The monoisotopic (exact) mass is 155 g/mol. The largest absolute Gasteiger partial charge is 0.489 e. The Morgan fingerprint density at radius 3 is 1.64 bits per heavy atom. The summed E-state index contributed by atoms with van der Waals surface area (Å²) in [6.07, 6.45) is 1.96. The van der Waals surface area contributed by atoms with Crippen LogP contribution in [-0.4, -0.2) is 18.9 Å². The van der Waals surface area contributed by atoms with E-state index in [1.807, 2.05) is 0 Å². The summed E-state index contributed by atoms with van der Waals surface area (Å²) in [7, 11) is 1.48. The molecule has 1 fully saturated rings. The van der Waals surface area contributed by atoms with E-state index in [2.05, 4.69) is 27.7 Å². The van der Waals surface area contributed by atoms with E-state index >= 15 is 0 Å². The highest BCUT2D eigenvalue weighted by Gasteiger charge is 2.49. The van der Waals surface area contributed by atoms with Crippen LogP contribution in [0.2, 0.25) is 0 Å². The van der Waals surface area contributed by atoms with Crippen molar-refractivity contribution in [1.82, 2.24) is 0 Å². The van der Waals surface area contributed by atoms with Gasteiger partial charge >= 0.3 is 7.69 Å². The van der Waals surface area contributed by atoms with Crippen molar-refractivity contribution in [3.63, 3.8) is 0 Å². The first-order chi connectivity index (χ1) is 5.08. The molecule has 0 aromatic rings. The lowest BCUT2D eigenvalue weighted by Crippen LogP contribution is -2.46. The van der Waals surface area contributed by atoms with Crippen molar-refractivity contribution < 1.29 is 9.31 Å². The average Bonchev–Trinajstić information content (AvgIpc) is 2.31. The SMILES string of the molecule is CCC1(C)O[B]OC1(C)CC. The highest BCUT2D eigenvalue weighted by atomic mass is 16.7. The molecule has 1 saturated heterocycles. The first kappa shape index (κ1) is 9.08. The third-order valence-corrected chi connectivity index (χ3v) is 3.08. The Labute approximate surface area is 69.6 Å². The van der Waals surface area contributed by atoms with E-state index in [1.54, 1.807) is 0 Å². The molecule has 1 heterocycles. The van der Waals surface area contributed by atoms with Gasteiger partial charge in [0.25, 0.3) is 0 Å². The van der Waals surface area contributed by atoms with Gasteiger partial charge in [-0.2, -0.15) is 0 Å². The Morgan fingerprint density at radius 1 is 1.00 bits per heavy atom. The van der Waals surface area contributed by atoms with E-state index in [0.29, 0.717) is 0 Å². The van der Waals surface area contributed by atoms with Crippen LogP contribution in [0.1, 0.15) is 40.5 Å². The first-order valence-electron chi connectivity index (χ1n) is 4.25. The van der Waals surface area contributed by atoms with Crippen LogP contribution in [0, 0.1) is 0 Å². The molecule has 2 atom stereocenters. The Balaban J connectivity index is 2.79. The van der Waals surface area contributed by atoms with Gasteiger partial charge in [-0.1, -0.05) is 13.8 Å². The zero-order valence-corrected chi connectivity index (χ0v) is 7.81. The fraction of sp³-hybridized carbons (Fsp3) is 1.00. The minimum atomic E-state index is -0.137. The summed E-state index contributed by atoms with van der Waals surface area (Å²) in [5, 5.41) is 0. The van der Waals surface area contributed by atoms with Gasteiger partial charge in [-0.25, -0.2) is 0 Å². The van der Waals surface area contributed by atoms with Gasteiger partial charge in [0.1, 0.15) is 0 Å². The van der Waals surface area contributed by atoms with Gasteiger partial charge in [0, 0.05) is 0 Å². The van der Waals surface area contributed by atoms with E-state index in [4.69, 9.17) is 9.31 Å². The van der Waals surface area contributed by atoms with Crippen molar-refractivity contribution in [2.45, 2.75) is 51.7 Å². The minimum absolute atomic E-state index is 0.137. The number of hydrogen-bond acceptors (Lipinski definition) is 2. The van der Waals surface area contributed by atoms with Crippen LogP contribution < -0.4 is 0 Å². The molecule has 1 radical (unpaired) electrons. The normalized spacial score (nSPS) is 44.0. The lowest BCUT2D eigenvalue weighted by molar-refractivity contribution is -0.0281. The molecule has 63 valence electrons. The molecule has 0 saturated carbocycles. The molecule has 0 aromatic heterocycles. The summed E-state index contributed by atoms with van der Waals surface area (Å²) in [5.41, 5.74) is -0.274. The topological polar surface area (TPSA) is 18.5 Å². The van der Waals surface area contributed by atoms with Crippen LogP contribution in [0.15, 0.2) is 0 Å². The molecule has 0 aromatic carbocycles. The smallest absolute Gasteiger partial charge is 0.405 e. The van der Waals surface area contributed by atoms with E-state index in [9.17, 15) is 0 Å². The first-order valence-corrected chi connectivity index (χ1v) is 4.25. The molecule has 1 aliphatic heterocycles. The summed E-state index contributed by atoms with van der Waals surface area (Å²) in [6, 6.07) is 0. The lowest BCUT2D eigenvalue weighted by atomic mass is 9.82. The summed E-state index contributed by atoms with van der Waals surface area (Å²) < 4.78 is 10.9. The van der Waals surface area contributed by atoms with Gasteiger partial charge in [-0.05, 0) is 26.7 Å². The van der Waals surface area contributed by atoms with E-state index in [-0.39, 0.29) is 11.2 Å². The maximum Gasteiger partial charge on any atom is 0.489 e. The van der Waals surface area contributed by atoms with E-state index in [0.717, 1.165) is 12.8 Å². The third kappa shape index (κ3) is 1.21. The zero-order chi connectivity index (χ0) is 8.54. The molecule has 3 heteroatoms. The lowest BCUT2D eigenvalue weighted by Gasteiger charge is -2.38. The molecule has 2 nitrogen and oxygen atoms in total. The maximum atomic E-state index is 5.45. The highest BCUT2D eigenvalue weighted by Crippen LogP contribution is 2.39. The van der Waals surface area contributed by atoms with Crippen LogP contribution in [0.4, 0.5) is 0 Å². The van der Waals surface area contributed by atoms with E-state index in [1.165, 1.54) is 7.69 Å². The zero-order valence-electron chi connectivity index (χ0n) is 7.81. The molecular formula is C8H16BO2. The summed E-state index contributed by atoms with van der Waals surface area (Å²) in [5.74, 6) is 0. The fourth-order valence-electron chi connectivity index (χ4n) is 1.40. The second-order valence-corrected chi connectivity index (χ2v) is 3.50. The molecule has 1 rings (SSSR count). The fourth-order valence-corrected chi connectivity index (χ4v) is 1.40. The Hall–Kier alpha value is -0.0151. The molecule has 0 bridgehead atoms. The molecule has 0 N–H and O–H groups in total. The van der Waals surface area contributed by atoms with Gasteiger partial charge in [0.05, 0.1) is 11.2 Å². The van der Waals surface area contributed by atoms with Gasteiger partial charge in [-0.3, -0.25) is 0 Å². The second kappa shape index (κ2) is 2.79. The van der Waals surface area contributed by atoms with Gasteiger partial charge < -0.3 is 9.31 Å². The third-order valence-electron chi connectivity index (χ3n) is 3.08. The molecule has 1 aliphatic rings. The van der Waals surface area contributed by atoms with Crippen molar-refractivity contribution in [3.8, 4) is 0 Å². The second-order valence-electron chi connectivity index (χ2n) is 3.50. The summed E-state index contributed by atoms with van der Waals surface area (Å²) >= 11 is 0. The molecule has 11 heavy (non-hydrogen) atoms. The van der Waals surface area contributed by atoms with Gasteiger partial charge in [-0.15, -0.1) is 0 Å². The molecule has 0 aliphatic carbocycles. The Morgan fingerprint density at radius 2 is 1.36 bits per heavy atom. The average molecular weight is 155 g/mol. The molecular weight excluding hydrogens is 139 g/mol. The molecule has 0 spiro atoms. The van der Waals surface area contributed by atoms with Crippen LogP contribution in [0.5, 0.6) is 0 Å². The Kier molecular flexibility index (Phi) is 2.31. The minimum Gasteiger partial charge on any atom is -0.405 e.